The van der Waals surface area contributed by atoms with Gasteiger partial charge in [-0.05, 0) is 11.1 Å². The quantitative estimate of drug-likeness (QED) is 0.247. The van der Waals surface area contributed by atoms with Gasteiger partial charge in [-0.15, -0.1) is 46.2 Å². The zero-order valence-corrected chi connectivity index (χ0v) is 27.2. The molecule has 1 aliphatic rings. The predicted molar refractivity (Wildman–Crippen MR) is 165 cm³/mol. The van der Waals surface area contributed by atoms with Gasteiger partial charge in [-0.3, -0.25) is 6.08 Å². The topological polar surface area (TPSA) is 0 Å². The number of allylic oxidation sites excluding steroid dienone is 4. The van der Waals surface area contributed by atoms with Gasteiger partial charge in [-0.1, -0.05) is 49.6 Å². The van der Waals surface area contributed by atoms with Crippen LogP contribution in [-0.4, -0.2) is 3.21 Å². The Labute approximate surface area is 274 Å². The second-order valence-corrected chi connectivity index (χ2v) is 10.7. The Hall–Kier alpha value is -2.38. The molecule has 0 unspecified atom stereocenters. The molecular formula is C35H26Cl4Zr-2. The molecule has 0 atom stereocenters. The maximum absolute atomic E-state index is 5.98. The average Bonchev–Trinajstić information content (AvgIpc) is 3.64. The van der Waals surface area contributed by atoms with Crippen LogP contribution in [0, 0.1) is 6.08 Å². The second-order valence-electron chi connectivity index (χ2n) is 8.64. The average molecular weight is 680 g/mol. The van der Waals surface area contributed by atoms with Crippen LogP contribution in [0.15, 0.2) is 122 Å². The van der Waals surface area contributed by atoms with Gasteiger partial charge in [0.25, 0.3) is 0 Å². The van der Waals surface area contributed by atoms with Crippen molar-refractivity contribution in [2.45, 2.75) is 6.42 Å². The third kappa shape index (κ3) is 9.07. The standard InChI is InChI=1S/C17H13.C13H8Cl2.C5H5.2ClH.Zr/c1-3-12-5-7-14-11-15-8-6-13(4-2)10-17(15)16(14)9-12;14-12-5-1-3-10(8-12)7-11-4-2-6-13(15)9-11;1-2-4-5-3-1;;;/h3-11H,1-2H2;1-6,8-9H;1-3H,4H2;2*1H;/q-1;;-1;;;+2/p-2. The maximum atomic E-state index is 5.98. The zero-order valence-electron chi connectivity index (χ0n) is 21.7. The van der Waals surface area contributed by atoms with E-state index in [1.165, 1.54) is 49.0 Å². The molecule has 5 aromatic rings. The van der Waals surface area contributed by atoms with Gasteiger partial charge in [0.2, 0.25) is 0 Å². The van der Waals surface area contributed by atoms with Crippen molar-refractivity contribution >= 4 is 60.1 Å². The first kappa shape index (κ1) is 33.8. The molecule has 0 nitrogen and oxygen atoms in total. The summed E-state index contributed by atoms with van der Waals surface area (Å²) >= 11 is 13.3. The van der Waals surface area contributed by atoms with E-state index in [-0.39, 0.29) is 24.8 Å². The van der Waals surface area contributed by atoms with Crippen molar-refractivity contribution in [1.82, 2.24) is 0 Å². The minimum absolute atomic E-state index is 0. The van der Waals surface area contributed by atoms with E-state index in [0.717, 1.165) is 38.7 Å². The molecule has 200 valence electrons. The van der Waals surface area contributed by atoms with Gasteiger partial charge in [-0.25, -0.2) is 12.2 Å². The molecule has 0 heterocycles. The Bertz CT molecular complexity index is 1550. The van der Waals surface area contributed by atoms with Crippen LogP contribution in [0.3, 0.4) is 0 Å². The van der Waals surface area contributed by atoms with E-state index in [4.69, 9.17) is 23.2 Å². The Morgan fingerprint density at radius 2 is 1.25 bits per heavy atom. The van der Waals surface area contributed by atoms with Crippen molar-refractivity contribution in [2.24, 2.45) is 0 Å². The van der Waals surface area contributed by atoms with E-state index in [0.29, 0.717) is 0 Å². The van der Waals surface area contributed by atoms with Crippen molar-refractivity contribution in [3.63, 3.8) is 0 Å². The van der Waals surface area contributed by atoms with Gasteiger partial charge in [-0.2, -0.15) is 6.08 Å². The van der Waals surface area contributed by atoms with E-state index < -0.39 is 0 Å². The SMILES string of the molecule is C=Cc1ccc2[cH-]c3ccc(C=C)cc3c2c1.Clc1cccc([C](=[Zr+2])c2cccc(Cl)c2)c1.[C-]1=CC=CC1.[Cl-].[Cl-]. The zero-order chi connectivity index (χ0) is 26.9. The summed E-state index contributed by atoms with van der Waals surface area (Å²) < 4.78 is 1.26. The van der Waals surface area contributed by atoms with Crippen LogP contribution >= 0.6 is 23.2 Å². The number of hydrogen-bond donors (Lipinski definition) is 0. The van der Waals surface area contributed by atoms with Crippen molar-refractivity contribution < 1.29 is 49.0 Å². The summed E-state index contributed by atoms with van der Waals surface area (Å²) in [6.07, 6.45) is 13.8. The molecule has 5 aromatic carbocycles. The van der Waals surface area contributed by atoms with Gasteiger partial charge in [0, 0.05) is 0 Å². The Kier molecular flexibility index (Phi) is 14.2. The van der Waals surface area contributed by atoms with Crippen molar-refractivity contribution in [2.75, 3.05) is 0 Å². The molecule has 0 aliphatic heterocycles. The largest absolute Gasteiger partial charge is 1.00 e. The van der Waals surface area contributed by atoms with Crippen LogP contribution in [0.2, 0.25) is 10.0 Å². The van der Waals surface area contributed by atoms with Gasteiger partial charge >= 0.3 is 120 Å². The first-order valence-corrected chi connectivity index (χ1v) is 14.2. The van der Waals surface area contributed by atoms with E-state index >= 15 is 0 Å². The molecule has 0 spiro atoms. The summed E-state index contributed by atoms with van der Waals surface area (Å²) in [4.78, 5) is 0. The minimum Gasteiger partial charge on any atom is -1.00 e. The first-order chi connectivity index (χ1) is 18.5. The number of benzene rings is 4. The Morgan fingerprint density at radius 1 is 0.750 bits per heavy atom. The molecule has 5 heteroatoms. The summed E-state index contributed by atoms with van der Waals surface area (Å²) in [5.41, 5.74) is 4.64. The number of hydrogen-bond acceptors (Lipinski definition) is 0. The summed E-state index contributed by atoms with van der Waals surface area (Å²) in [7, 11) is 0. The van der Waals surface area contributed by atoms with Crippen LogP contribution in [0.1, 0.15) is 28.7 Å². The number of rotatable bonds is 4. The first-order valence-electron chi connectivity index (χ1n) is 12.2. The fourth-order valence-corrected chi connectivity index (χ4v) is 5.23. The van der Waals surface area contributed by atoms with Crippen molar-refractivity contribution in [1.29, 1.82) is 0 Å². The van der Waals surface area contributed by atoms with E-state index in [1.54, 1.807) is 0 Å². The molecule has 6 rings (SSSR count). The third-order valence-electron chi connectivity index (χ3n) is 6.04. The van der Waals surface area contributed by atoms with Crippen LogP contribution in [0.25, 0.3) is 33.7 Å². The number of halogens is 4. The number of fused-ring (bicyclic) bond motifs is 3. The second kappa shape index (κ2) is 16.8. The molecule has 0 aromatic heterocycles. The third-order valence-corrected chi connectivity index (χ3v) is 7.93. The van der Waals surface area contributed by atoms with Crippen molar-refractivity contribution in [3.05, 3.63) is 161 Å². The summed E-state index contributed by atoms with van der Waals surface area (Å²) in [5, 5.41) is 6.68. The Balaban J connectivity index is 0.000000229. The normalized spacial score (nSPS) is 10.9. The van der Waals surface area contributed by atoms with Gasteiger partial charge in [0.15, 0.2) is 0 Å². The summed E-state index contributed by atoms with van der Waals surface area (Å²) in [6, 6.07) is 30.9. The summed E-state index contributed by atoms with van der Waals surface area (Å²) in [5.74, 6) is 0. The molecule has 0 N–H and O–H groups in total. The molecule has 0 radical (unpaired) electrons. The fraction of sp³-hybridized carbons (Fsp3) is 0.0286. The van der Waals surface area contributed by atoms with E-state index in [2.05, 4.69) is 79.9 Å². The van der Waals surface area contributed by atoms with Gasteiger partial charge in [0.05, 0.1) is 0 Å². The molecule has 0 saturated carbocycles. The molecule has 0 bridgehead atoms. The van der Waals surface area contributed by atoms with Crippen LogP contribution in [0.5, 0.6) is 0 Å². The van der Waals surface area contributed by atoms with Gasteiger partial charge in [0.1, 0.15) is 0 Å². The molecule has 40 heavy (non-hydrogen) atoms. The van der Waals surface area contributed by atoms with E-state index in [1.807, 2.05) is 60.7 Å². The molecule has 0 amide bonds. The summed E-state index contributed by atoms with van der Waals surface area (Å²) in [6.45, 7) is 7.64. The minimum atomic E-state index is 0. The van der Waals surface area contributed by atoms with Crippen LogP contribution in [0.4, 0.5) is 0 Å². The molecule has 0 fully saturated rings. The smallest absolute Gasteiger partial charge is 0.109 e. The predicted octanol–water partition coefficient (Wildman–Crippen LogP) is 4.42. The fourth-order valence-electron chi connectivity index (χ4n) is 4.08. The van der Waals surface area contributed by atoms with Crippen LogP contribution in [-0.2, 0) is 24.2 Å². The van der Waals surface area contributed by atoms with E-state index in [9.17, 15) is 0 Å². The van der Waals surface area contributed by atoms with Crippen LogP contribution < -0.4 is 24.8 Å². The molecular weight excluding hydrogens is 653 g/mol. The maximum Gasteiger partial charge on any atom is -0.109 e. The molecule has 0 saturated heterocycles. The Morgan fingerprint density at radius 3 is 1.60 bits per heavy atom. The monoisotopic (exact) mass is 676 g/mol. The van der Waals surface area contributed by atoms with Gasteiger partial charge < -0.3 is 24.8 Å². The molecule has 1 aliphatic carbocycles. The van der Waals surface area contributed by atoms with Crippen molar-refractivity contribution in [3.8, 4) is 0 Å².